The van der Waals surface area contributed by atoms with Gasteiger partial charge in [0.15, 0.2) is 11.5 Å². The third-order valence-electron chi connectivity index (χ3n) is 4.25. The van der Waals surface area contributed by atoms with Crippen LogP contribution in [0.2, 0.25) is 5.02 Å². The zero-order valence-electron chi connectivity index (χ0n) is 15.6. The van der Waals surface area contributed by atoms with E-state index in [9.17, 15) is 13.2 Å². The lowest BCUT2D eigenvalue weighted by molar-refractivity contribution is -0.116. The van der Waals surface area contributed by atoms with E-state index in [0.717, 1.165) is 4.31 Å². The van der Waals surface area contributed by atoms with Crippen molar-refractivity contribution in [1.29, 1.82) is 0 Å². The van der Waals surface area contributed by atoms with Crippen molar-refractivity contribution in [3.8, 4) is 11.5 Å². The standard InChI is InChI=1S/C19H21ClN2O5S/c1-3-22(28(24,25)18-7-4-14(20)10-13(18)2)12-19(23)21-15-5-6-16-17(11-15)27-9-8-26-16/h4-7,10-11H,3,8-9,12H2,1-2H3,(H,21,23). The van der Waals surface area contributed by atoms with Crippen molar-refractivity contribution in [3.63, 3.8) is 0 Å². The molecule has 28 heavy (non-hydrogen) atoms. The Morgan fingerprint density at radius 2 is 1.86 bits per heavy atom. The first kappa shape index (κ1) is 20.4. The number of nitrogens with one attached hydrogen (secondary N) is 1. The molecular weight excluding hydrogens is 404 g/mol. The van der Waals surface area contributed by atoms with E-state index in [1.54, 1.807) is 38.1 Å². The van der Waals surface area contributed by atoms with Gasteiger partial charge in [0.1, 0.15) is 13.2 Å². The van der Waals surface area contributed by atoms with E-state index in [1.807, 2.05) is 0 Å². The van der Waals surface area contributed by atoms with E-state index in [-0.39, 0.29) is 18.0 Å². The van der Waals surface area contributed by atoms with Crippen LogP contribution in [0.1, 0.15) is 12.5 Å². The Labute approximate surface area is 169 Å². The summed E-state index contributed by atoms with van der Waals surface area (Å²) in [5.41, 5.74) is 1.03. The fraction of sp³-hybridized carbons (Fsp3) is 0.316. The van der Waals surface area contributed by atoms with Crippen molar-refractivity contribution in [3.05, 3.63) is 47.0 Å². The average molecular weight is 425 g/mol. The Balaban J connectivity index is 1.74. The highest BCUT2D eigenvalue weighted by Crippen LogP contribution is 2.32. The Bertz CT molecular complexity index is 994. The summed E-state index contributed by atoms with van der Waals surface area (Å²) in [6, 6.07) is 9.59. The minimum absolute atomic E-state index is 0.130. The molecule has 0 fully saturated rings. The van der Waals surface area contributed by atoms with Gasteiger partial charge in [-0.2, -0.15) is 4.31 Å². The van der Waals surface area contributed by atoms with E-state index in [2.05, 4.69) is 5.32 Å². The van der Waals surface area contributed by atoms with Crippen LogP contribution in [0, 0.1) is 6.92 Å². The number of hydrogen-bond donors (Lipinski definition) is 1. The van der Waals surface area contributed by atoms with Gasteiger partial charge in [-0.3, -0.25) is 4.79 Å². The maximum Gasteiger partial charge on any atom is 0.243 e. The topological polar surface area (TPSA) is 84.9 Å². The highest BCUT2D eigenvalue weighted by molar-refractivity contribution is 7.89. The third-order valence-corrected chi connectivity index (χ3v) is 6.57. The summed E-state index contributed by atoms with van der Waals surface area (Å²) in [5, 5.41) is 3.16. The molecule has 2 aromatic carbocycles. The van der Waals surface area contributed by atoms with Crippen molar-refractivity contribution in [2.75, 3.05) is 31.6 Å². The fourth-order valence-corrected chi connectivity index (χ4v) is 4.73. The maximum atomic E-state index is 12.9. The molecule has 3 rings (SSSR count). The second-order valence-corrected chi connectivity index (χ2v) is 8.59. The summed E-state index contributed by atoms with van der Waals surface area (Å²) in [7, 11) is -3.83. The number of anilines is 1. The van der Waals surface area contributed by atoms with Crippen LogP contribution in [0.5, 0.6) is 11.5 Å². The number of sulfonamides is 1. The maximum absolute atomic E-state index is 12.9. The molecule has 9 heteroatoms. The first-order chi connectivity index (χ1) is 13.3. The zero-order chi connectivity index (χ0) is 20.3. The third kappa shape index (κ3) is 4.40. The largest absolute Gasteiger partial charge is 0.486 e. The predicted octanol–water partition coefficient (Wildman–Crippen LogP) is 3.07. The van der Waals surface area contributed by atoms with E-state index >= 15 is 0 Å². The molecule has 150 valence electrons. The summed E-state index contributed by atoms with van der Waals surface area (Å²) in [6.07, 6.45) is 0. The quantitative estimate of drug-likeness (QED) is 0.770. The lowest BCUT2D eigenvalue weighted by atomic mass is 10.2. The average Bonchev–Trinajstić information content (AvgIpc) is 2.65. The molecule has 1 N–H and O–H groups in total. The molecule has 0 unspecified atom stereocenters. The number of carbonyl (C=O) groups excluding carboxylic acids is 1. The van der Waals surface area contributed by atoms with Crippen molar-refractivity contribution in [2.24, 2.45) is 0 Å². The molecule has 0 aliphatic carbocycles. The SMILES string of the molecule is CCN(CC(=O)Nc1ccc2c(c1)OCCO2)S(=O)(=O)c1ccc(Cl)cc1C. The molecule has 0 bridgehead atoms. The van der Waals surface area contributed by atoms with Gasteiger partial charge in [-0.15, -0.1) is 0 Å². The number of hydrogen-bond acceptors (Lipinski definition) is 5. The minimum Gasteiger partial charge on any atom is -0.486 e. The zero-order valence-corrected chi connectivity index (χ0v) is 17.1. The molecule has 0 spiro atoms. The van der Waals surface area contributed by atoms with Crippen molar-refractivity contribution in [2.45, 2.75) is 18.7 Å². The molecule has 7 nitrogen and oxygen atoms in total. The Hall–Kier alpha value is -2.29. The molecular formula is C19H21ClN2O5S. The molecule has 1 heterocycles. The van der Waals surface area contributed by atoms with Crippen LogP contribution in [-0.2, 0) is 14.8 Å². The summed E-state index contributed by atoms with van der Waals surface area (Å²) < 4.78 is 37.9. The van der Waals surface area contributed by atoms with Gasteiger partial charge < -0.3 is 14.8 Å². The van der Waals surface area contributed by atoms with Gasteiger partial charge in [0, 0.05) is 23.3 Å². The normalized spacial score (nSPS) is 13.4. The molecule has 0 radical (unpaired) electrons. The Morgan fingerprint density at radius 3 is 2.54 bits per heavy atom. The molecule has 0 atom stereocenters. The lowest BCUT2D eigenvalue weighted by Gasteiger charge is -2.22. The van der Waals surface area contributed by atoms with Crippen molar-refractivity contribution < 1.29 is 22.7 Å². The highest BCUT2D eigenvalue weighted by atomic mass is 35.5. The highest BCUT2D eigenvalue weighted by Gasteiger charge is 2.27. The van der Waals surface area contributed by atoms with Crippen molar-refractivity contribution >= 4 is 33.2 Å². The fourth-order valence-electron chi connectivity index (χ4n) is 2.89. The van der Waals surface area contributed by atoms with Crippen LogP contribution in [-0.4, -0.2) is 44.9 Å². The van der Waals surface area contributed by atoms with Crippen LogP contribution in [0.25, 0.3) is 0 Å². The summed E-state index contributed by atoms with van der Waals surface area (Å²) in [5.74, 6) is 0.703. The first-order valence-corrected chi connectivity index (χ1v) is 10.6. The number of benzene rings is 2. The predicted molar refractivity (Wildman–Crippen MR) is 107 cm³/mol. The molecule has 1 aliphatic heterocycles. The van der Waals surface area contributed by atoms with Crippen LogP contribution < -0.4 is 14.8 Å². The van der Waals surface area contributed by atoms with Gasteiger partial charge in [0.25, 0.3) is 0 Å². The van der Waals surface area contributed by atoms with Crippen LogP contribution in [0.15, 0.2) is 41.3 Å². The van der Waals surface area contributed by atoms with E-state index in [4.69, 9.17) is 21.1 Å². The van der Waals surface area contributed by atoms with Gasteiger partial charge in [-0.05, 0) is 42.8 Å². The van der Waals surface area contributed by atoms with Crippen molar-refractivity contribution in [1.82, 2.24) is 4.31 Å². The molecule has 0 saturated carbocycles. The van der Waals surface area contributed by atoms with Gasteiger partial charge >= 0.3 is 0 Å². The number of fused-ring (bicyclic) bond motifs is 1. The number of ether oxygens (including phenoxy) is 2. The summed E-state index contributed by atoms with van der Waals surface area (Å²) in [4.78, 5) is 12.6. The Kier molecular flexibility index (Phi) is 6.12. The number of aryl methyl sites for hydroxylation is 1. The molecule has 0 saturated heterocycles. The summed E-state index contributed by atoms with van der Waals surface area (Å²) >= 11 is 5.91. The van der Waals surface area contributed by atoms with E-state index in [0.29, 0.717) is 41.0 Å². The molecule has 1 amide bonds. The van der Waals surface area contributed by atoms with Crippen LogP contribution >= 0.6 is 11.6 Å². The van der Waals surface area contributed by atoms with Gasteiger partial charge in [-0.1, -0.05) is 18.5 Å². The first-order valence-electron chi connectivity index (χ1n) is 8.77. The molecule has 1 aliphatic rings. The lowest BCUT2D eigenvalue weighted by Crippen LogP contribution is -2.38. The number of rotatable bonds is 6. The number of likely N-dealkylation sites (N-methyl/N-ethyl adjacent to an activating group) is 1. The number of halogens is 1. The van der Waals surface area contributed by atoms with Crippen LogP contribution in [0.3, 0.4) is 0 Å². The van der Waals surface area contributed by atoms with Gasteiger partial charge in [-0.25, -0.2) is 8.42 Å². The molecule has 2 aromatic rings. The number of nitrogens with zero attached hydrogens (tertiary/aromatic N) is 1. The minimum atomic E-state index is -3.83. The Morgan fingerprint density at radius 1 is 1.14 bits per heavy atom. The second kappa shape index (κ2) is 8.38. The smallest absolute Gasteiger partial charge is 0.243 e. The van der Waals surface area contributed by atoms with Gasteiger partial charge in [0.05, 0.1) is 11.4 Å². The van der Waals surface area contributed by atoms with Crippen LogP contribution in [0.4, 0.5) is 5.69 Å². The second-order valence-electron chi connectivity index (χ2n) is 6.25. The number of carbonyl (C=O) groups is 1. The van der Waals surface area contributed by atoms with Gasteiger partial charge in [0.2, 0.25) is 15.9 Å². The van der Waals surface area contributed by atoms with E-state index < -0.39 is 15.9 Å². The van der Waals surface area contributed by atoms with E-state index in [1.165, 1.54) is 12.1 Å². The number of amides is 1. The monoisotopic (exact) mass is 424 g/mol. The molecule has 0 aromatic heterocycles. The summed E-state index contributed by atoms with van der Waals surface area (Å²) in [6.45, 7) is 4.11.